The van der Waals surface area contributed by atoms with Crippen molar-refractivity contribution in [3.63, 3.8) is 0 Å². The molecule has 72 valence electrons. The molecule has 0 aromatic carbocycles. The van der Waals surface area contributed by atoms with E-state index < -0.39 is 0 Å². The molecule has 3 heteroatoms. The summed E-state index contributed by atoms with van der Waals surface area (Å²) in [5.74, 6) is 0. The minimum absolute atomic E-state index is 0.669. The van der Waals surface area contributed by atoms with E-state index in [1.807, 2.05) is 36.6 Å². The van der Waals surface area contributed by atoms with Crippen LogP contribution in [0.3, 0.4) is 0 Å². The van der Waals surface area contributed by atoms with Crippen molar-refractivity contribution >= 4 is 11.9 Å². The SMILES string of the molecule is CCc1nc2cc(C)ccn2c1C=O. The summed E-state index contributed by atoms with van der Waals surface area (Å²) in [6.07, 6.45) is 3.55. The number of aldehydes is 1. The lowest BCUT2D eigenvalue weighted by Gasteiger charge is -1.96. The van der Waals surface area contributed by atoms with Crippen LogP contribution in [0.15, 0.2) is 18.3 Å². The zero-order valence-corrected chi connectivity index (χ0v) is 8.32. The van der Waals surface area contributed by atoms with Crippen LogP contribution in [0.1, 0.15) is 28.7 Å². The lowest BCUT2D eigenvalue weighted by molar-refractivity contribution is 0.111. The molecule has 0 N–H and O–H groups in total. The Morgan fingerprint density at radius 3 is 3.00 bits per heavy atom. The van der Waals surface area contributed by atoms with Gasteiger partial charge in [-0.15, -0.1) is 0 Å². The number of hydrogen-bond acceptors (Lipinski definition) is 2. The number of pyridine rings is 1. The molecule has 0 unspecified atom stereocenters. The van der Waals surface area contributed by atoms with Crippen LogP contribution in [-0.4, -0.2) is 15.7 Å². The van der Waals surface area contributed by atoms with Crippen LogP contribution in [0.5, 0.6) is 0 Å². The van der Waals surface area contributed by atoms with Crippen molar-refractivity contribution in [1.82, 2.24) is 9.38 Å². The van der Waals surface area contributed by atoms with Crippen LogP contribution >= 0.6 is 0 Å². The van der Waals surface area contributed by atoms with Gasteiger partial charge < -0.3 is 0 Å². The Morgan fingerprint density at radius 2 is 2.36 bits per heavy atom. The fourth-order valence-electron chi connectivity index (χ4n) is 1.60. The van der Waals surface area contributed by atoms with Crippen molar-refractivity contribution in [2.75, 3.05) is 0 Å². The van der Waals surface area contributed by atoms with E-state index in [-0.39, 0.29) is 0 Å². The van der Waals surface area contributed by atoms with Gasteiger partial charge in [-0.2, -0.15) is 0 Å². The summed E-state index contributed by atoms with van der Waals surface area (Å²) in [5, 5.41) is 0. The van der Waals surface area contributed by atoms with Gasteiger partial charge >= 0.3 is 0 Å². The molecule has 0 aliphatic heterocycles. The van der Waals surface area contributed by atoms with Gasteiger partial charge in [0.2, 0.25) is 0 Å². The Hall–Kier alpha value is -1.64. The van der Waals surface area contributed by atoms with E-state index in [2.05, 4.69) is 4.98 Å². The Bertz CT molecular complexity index is 485. The number of hydrogen-bond donors (Lipinski definition) is 0. The van der Waals surface area contributed by atoms with Crippen LogP contribution in [0.25, 0.3) is 5.65 Å². The lowest BCUT2D eigenvalue weighted by atomic mass is 10.3. The van der Waals surface area contributed by atoms with Gasteiger partial charge in [-0.3, -0.25) is 9.20 Å². The summed E-state index contributed by atoms with van der Waals surface area (Å²) in [6.45, 7) is 4.02. The number of aromatic nitrogens is 2. The molecule has 0 atom stereocenters. The maximum atomic E-state index is 10.9. The first-order chi connectivity index (χ1) is 6.76. The predicted molar refractivity (Wildman–Crippen MR) is 54.7 cm³/mol. The molecule has 0 aliphatic carbocycles. The summed E-state index contributed by atoms with van der Waals surface area (Å²) < 4.78 is 1.83. The molecule has 2 aromatic heterocycles. The number of carbonyl (C=O) groups is 1. The largest absolute Gasteiger partial charge is 0.297 e. The average Bonchev–Trinajstić information content (AvgIpc) is 2.54. The van der Waals surface area contributed by atoms with E-state index in [1.54, 1.807) is 0 Å². The molecule has 2 aromatic rings. The van der Waals surface area contributed by atoms with Gasteiger partial charge in [-0.05, 0) is 31.0 Å². The number of aryl methyl sites for hydroxylation is 2. The maximum Gasteiger partial charge on any atom is 0.168 e. The number of carbonyl (C=O) groups excluding carboxylic acids is 1. The topological polar surface area (TPSA) is 34.4 Å². The molecule has 0 amide bonds. The van der Waals surface area contributed by atoms with Gasteiger partial charge in [0.05, 0.1) is 5.69 Å². The normalized spacial score (nSPS) is 10.7. The second kappa shape index (κ2) is 3.25. The summed E-state index contributed by atoms with van der Waals surface area (Å²) >= 11 is 0. The lowest BCUT2D eigenvalue weighted by Crippen LogP contribution is -1.93. The summed E-state index contributed by atoms with van der Waals surface area (Å²) in [7, 11) is 0. The van der Waals surface area contributed by atoms with Gasteiger partial charge in [0.1, 0.15) is 11.3 Å². The minimum atomic E-state index is 0.669. The standard InChI is InChI=1S/C11H12N2O/c1-3-9-10(7-14)13-5-4-8(2)6-11(13)12-9/h4-7H,3H2,1-2H3. The highest BCUT2D eigenvalue weighted by atomic mass is 16.1. The Labute approximate surface area is 82.4 Å². The fraction of sp³-hybridized carbons (Fsp3) is 0.273. The molecule has 2 heterocycles. The van der Waals surface area contributed by atoms with Gasteiger partial charge in [0.15, 0.2) is 6.29 Å². The van der Waals surface area contributed by atoms with E-state index in [9.17, 15) is 4.79 Å². The van der Waals surface area contributed by atoms with Crippen LogP contribution in [0.4, 0.5) is 0 Å². The first kappa shape index (κ1) is 8.94. The average molecular weight is 188 g/mol. The highest BCUT2D eigenvalue weighted by Crippen LogP contribution is 2.12. The van der Waals surface area contributed by atoms with E-state index in [0.29, 0.717) is 5.69 Å². The number of rotatable bonds is 2. The van der Waals surface area contributed by atoms with E-state index in [0.717, 1.165) is 29.6 Å². The third-order valence-electron chi connectivity index (χ3n) is 2.34. The predicted octanol–water partition coefficient (Wildman–Crippen LogP) is 2.02. The molecular formula is C11H12N2O. The molecule has 0 saturated carbocycles. The third kappa shape index (κ3) is 1.21. The van der Waals surface area contributed by atoms with Crippen LogP contribution in [0.2, 0.25) is 0 Å². The molecule has 0 spiro atoms. The minimum Gasteiger partial charge on any atom is -0.297 e. The zero-order chi connectivity index (χ0) is 10.1. The Morgan fingerprint density at radius 1 is 1.57 bits per heavy atom. The summed E-state index contributed by atoms with van der Waals surface area (Å²) in [4.78, 5) is 15.3. The van der Waals surface area contributed by atoms with Crippen molar-refractivity contribution in [3.8, 4) is 0 Å². The molecule has 14 heavy (non-hydrogen) atoms. The monoisotopic (exact) mass is 188 g/mol. The zero-order valence-electron chi connectivity index (χ0n) is 8.32. The second-order valence-corrected chi connectivity index (χ2v) is 3.35. The van der Waals surface area contributed by atoms with Gasteiger partial charge in [-0.1, -0.05) is 6.92 Å². The van der Waals surface area contributed by atoms with Crippen molar-refractivity contribution < 1.29 is 4.79 Å². The molecule has 0 saturated heterocycles. The number of imidazole rings is 1. The van der Waals surface area contributed by atoms with Gasteiger partial charge in [-0.25, -0.2) is 4.98 Å². The Balaban J connectivity index is 2.79. The molecule has 0 bridgehead atoms. The maximum absolute atomic E-state index is 10.9. The molecule has 0 radical (unpaired) electrons. The quantitative estimate of drug-likeness (QED) is 0.676. The highest BCUT2D eigenvalue weighted by Gasteiger charge is 2.08. The summed E-state index contributed by atoms with van der Waals surface area (Å²) in [6, 6.07) is 3.95. The highest BCUT2D eigenvalue weighted by molar-refractivity contribution is 5.76. The molecule has 0 fully saturated rings. The van der Waals surface area contributed by atoms with Crippen molar-refractivity contribution in [2.45, 2.75) is 20.3 Å². The molecular weight excluding hydrogens is 176 g/mol. The van der Waals surface area contributed by atoms with Crippen LogP contribution in [0, 0.1) is 6.92 Å². The smallest absolute Gasteiger partial charge is 0.168 e. The first-order valence-electron chi connectivity index (χ1n) is 4.69. The van der Waals surface area contributed by atoms with Crippen molar-refractivity contribution in [1.29, 1.82) is 0 Å². The van der Waals surface area contributed by atoms with Crippen LogP contribution in [-0.2, 0) is 6.42 Å². The van der Waals surface area contributed by atoms with E-state index >= 15 is 0 Å². The second-order valence-electron chi connectivity index (χ2n) is 3.35. The fourth-order valence-corrected chi connectivity index (χ4v) is 1.60. The number of nitrogens with zero attached hydrogens (tertiary/aromatic N) is 2. The Kier molecular flexibility index (Phi) is 2.08. The van der Waals surface area contributed by atoms with Crippen molar-refractivity contribution in [2.24, 2.45) is 0 Å². The summed E-state index contributed by atoms with van der Waals surface area (Å²) in [5.41, 5.74) is 3.54. The molecule has 2 rings (SSSR count). The van der Waals surface area contributed by atoms with E-state index in [4.69, 9.17) is 0 Å². The van der Waals surface area contributed by atoms with Gasteiger partial charge in [0.25, 0.3) is 0 Å². The van der Waals surface area contributed by atoms with E-state index in [1.165, 1.54) is 0 Å². The first-order valence-corrected chi connectivity index (χ1v) is 4.69. The van der Waals surface area contributed by atoms with Crippen LogP contribution < -0.4 is 0 Å². The third-order valence-corrected chi connectivity index (χ3v) is 2.34. The van der Waals surface area contributed by atoms with Gasteiger partial charge in [0, 0.05) is 6.20 Å². The molecule has 0 aliphatic rings. The number of fused-ring (bicyclic) bond motifs is 1. The van der Waals surface area contributed by atoms with Crippen molar-refractivity contribution in [3.05, 3.63) is 35.3 Å². The molecule has 3 nitrogen and oxygen atoms in total.